The molecule has 3 aromatic rings. The molecule has 4 aliphatic rings. The van der Waals surface area contributed by atoms with Crippen molar-refractivity contribution in [2.45, 2.75) is 10.8 Å². The highest BCUT2D eigenvalue weighted by Crippen LogP contribution is 2.66. The van der Waals surface area contributed by atoms with Gasteiger partial charge in [0.1, 0.15) is 10.6 Å². The van der Waals surface area contributed by atoms with E-state index in [0.717, 1.165) is 22.3 Å². The Hall–Kier alpha value is -2.82. The molecule has 0 unspecified atom stereocenters. The van der Waals surface area contributed by atoms with Crippen molar-refractivity contribution in [1.82, 2.24) is 0 Å². The molecular weight excluding hydrogens is 433 g/mol. The van der Waals surface area contributed by atoms with Gasteiger partial charge in [-0.05, 0) is 40.5 Å². The average Bonchev–Trinajstić information content (AvgIpc) is 3.05. The lowest BCUT2D eigenvalue weighted by Gasteiger charge is -2.50. The molecule has 0 spiro atoms. The summed E-state index contributed by atoms with van der Waals surface area (Å²) in [6, 6.07) is 20.7. The third-order valence-electron chi connectivity index (χ3n) is 6.90. The van der Waals surface area contributed by atoms with Crippen LogP contribution < -0.4 is 9.64 Å². The van der Waals surface area contributed by atoms with Gasteiger partial charge in [-0.25, -0.2) is 4.90 Å². The molecule has 2 atom stereocenters. The van der Waals surface area contributed by atoms with E-state index in [4.69, 9.17) is 27.9 Å². The van der Waals surface area contributed by atoms with Gasteiger partial charge in [-0.15, -0.1) is 11.6 Å². The molecule has 2 amide bonds. The molecule has 0 aromatic heterocycles. The van der Waals surface area contributed by atoms with E-state index in [1.165, 1.54) is 12.0 Å². The quantitative estimate of drug-likeness (QED) is 0.404. The number of carbonyl (C=O) groups excluding carboxylic acids is 2. The molecule has 0 saturated carbocycles. The van der Waals surface area contributed by atoms with Gasteiger partial charge in [0.15, 0.2) is 0 Å². The second-order valence-corrected chi connectivity index (χ2v) is 9.23. The van der Waals surface area contributed by atoms with Crippen molar-refractivity contribution in [3.05, 3.63) is 94.0 Å². The van der Waals surface area contributed by atoms with Crippen LogP contribution >= 0.6 is 23.2 Å². The van der Waals surface area contributed by atoms with E-state index in [-0.39, 0.29) is 17.7 Å². The van der Waals surface area contributed by atoms with Crippen LogP contribution in [-0.2, 0) is 14.5 Å². The van der Waals surface area contributed by atoms with Crippen LogP contribution in [0.5, 0.6) is 5.75 Å². The molecule has 4 nitrogen and oxygen atoms in total. The Balaban J connectivity index is 1.62. The molecule has 3 aromatic carbocycles. The van der Waals surface area contributed by atoms with Crippen LogP contribution in [0.1, 0.15) is 28.2 Å². The molecule has 31 heavy (non-hydrogen) atoms. The van der Waals surface area contributed by atoms with E-state index in [0.29, 0.717) is 16.5 Å². The smallest absolute Gasteiger partial charge is 0.240 e. The Morgan fingerprint density at radius 1 is 0.903 bits per heavy atom. The normalized spacial score (nSPS) is 27.7. The van der Waals surface area contributed by atoms with Crippen molar-refractivity contribution in [1.29, 1.82) is 0 Å². The van der Waals surface area contributed by atoms with Crippen LogP contribution in [0.15, 0.2) is 66.7 Å². The lowest BCUT2D eigenvalue weighted by molar-refractivity contribution is -0.122. The standard InChI is InChI=1S/C25H17Cl2NO3/c1-31-19-11-10-13(26)12-18(19)28-23(29)21-20-14-6-2-4-8-16(14)25(27,22(21)24(28)30)17-9-5-3-7-15(17)20/h2-12,20-22H,1H3/t20?,21-,22-,25?/m1/s1. The van der Waals surface area contributed by atoms with Crippen LogP contribution in [0.2, 0.25) is 5.02 Å². The minimum atomic E-state index is -1.11. The number of benzene rings is 3. The number of imide groups is 1. The zero-order valence-electron chi connectivity index (χ0n) is 16.5. The Labute approximate surface area is 189 Å². The predicted molar refractivity (Wildman–Crippen MR) is 119 cm³/mol. The highest BCUT2D eigenvalue weighted by Gasteiger charge is 2.68. The van der Waals surface area contributed by atoms with E-state index in [9.17, 15) is 9.59 Å². The summed E-state index contributed by atoms with van der Waals surface area (Å²) < 4.78 is 5.44. The second kappa shape index (κ2) is 6.35. The molecule has 1 aliphatic heterocycles. The fourth-order valence-electron chi connectivity index (χ4n) is 5.75. The summed E-state index contributed by atoms with van der Waals surface area (Å²) >= 11 is 13.6. The molecule has 1 fully saturated rings. The van der Waals surface area contributed by atoms with Crippen molar-refractivity contribution in [2.24, 2.45) is 11.8 Å². The van der Waals surface area contributed by atoms with E-state index >= 15 is 0 Å². The number of nitrogens with zero attached hydrogens (tertiary/aromatic N) is 1. The molecule has 154 valence electrons. The van der Waals surface area contributed by atoms with Gasteiger partial charge in [-0.1, -0.05) is 60.1 Å². The van der Waals surface area contributed by atoms with E-state index in [1.54, 1.807) is 18.2 Å². The predicted octanol–water partition coefficient (Wildman–Crippen LogP) is 5.10. The summed E-state index contributed by atoms with van der Waals surface area (Å²) in [4.78, 5) is 27.8. The lowest BCUT2D eigenvalue weighted by atomic mass is 9.54. The van der Waals surface area contributed by atoms with Gasteiger partial charge in [0, 0.05) is 10.9 Å². The first kappa shape index (κ1) is 18.9. The van der Waals surface area contributed by atoms with Crippen molar-refractivity contribution in [3.63, 3.8) is 0 Å². The lowest BCUT2D eigenvalue weighted by Crippen LogP contribution is -2.50. The minimum Gasteiger partial charge on any atom is -0.495 e. The number of hydrogen-bond acceptors (Lipinski definition) is 3. The van der Waals surface area contributed by atoms with E-state index < -0.39 is 16.7 Å². The third-order valence-corrected chi connectivity index (χ3v) is 7.77. The Morgan fingerprint density at radius 3 is 2.13 bits per heavy atom. The summed E-state index contributed by atoms with van der Waals surface area (Å²) in [7, 11) is 1.50. The molecule has 0 N–H and O–H groups in total. The first-order chi connectivity index (χ1) is 15.0. The van der Waals surface area contributed by atoms with Gasteiger partial charge in [0.2, 0.25) is 11.8 Å². The van der Waals surface area contributed by atoms with Crippen LogP contribution in [0.25, 0.3) is 0 Å². The number of alkyl halides is 1. The summed E-state index contributed by atoms with van der Waals surface area (Å²) in [5.74, 6) is -1.70. The Morgan fingerprint density at radius 2 is 1.52 bits per heavy atom. The summed E-state index contributed by atoms with van der Waals surface area (Å²) in [5.41, 5.74) is 4.19. The van der Waals surface area contributed by atoms with E-state index in [2.05, 4.69) is 0 Å². The maximum absolute atomic E-state index is 13.9. The summed E-state index contributed by atoms with van der Waals surface area (Å²) in [6.07, 6.45) is 0. The number of methoxy groups -OCH3 is 1. The molecule has 0 radical (unpaired) electrons. The van der Waals surface area contributed by atoms with Gasteiger partial charge >= 0.3 is 0 Å². The Bertz CT molecular complexity index is 1240. The third kappa shape index (κ3) is 2.22. The topological polar surface area (TPSA) is 46.6 Å². The number of hydrogen-bond donors (Lipinski definition) is 0. The first-order valence-corrected chi connectivity index (χ1v) is 10.8. The molecule has 6 heteroatoms. The molecule has 1 heterocycles. The maximum atomic E-state index is 13.9. The average molecular weight is 450 g/mol. The molecule has 2 bridgehead atoms. The van der Waals surface area contributed by atoms with Crippen molar-refractivity contribution in [3.8, 4) is 5.75 Å². The van der Waals surface area contributed by atoms with Gasteiger partial charge in [0.05, 0.1) is 24.6 Å². The number of rotatable bonds is 2. The monoisotopic (exact) mass is 449 g/mol. The van der Waals surface area contributed by atoms with E-state index in [1.807, 2.05) is 48.5 Å². The Kier molecular flexibility index (Phi) is 3.87. The SMILES string of the molecule is COc1ccc(Cl)cc1N1C(=O)[C@@H]2C3c4ccccc4C(Cl)(c4ccccc43)[C@H]2C1=O. The highest BCUT2D eigenvalue weighted by molar-refractivity contribution is 6.34. The fourth-order valence-corrected chi connectivity index (χ4v) is 6.49. The molecule has 7 rings (SSSR count). The number of amides is 2. The fraction of sp³-hybridized carbons (Fsp3) is 0.200. The number of halogens is 2. The van der Waals surface area contributed by atoms with Crippen molar-refractivity contribution in [2.75, 3.05) is 12.0 Å². The number of carbonyl (C=O) groups is 2. The minimum absolute atomic E-state index is 0.232. The molecule has 3 aliphatic carbocycles. The second-order valence-electron chi connectivity index (χ2n) is 8.20. The number of anilines is 1. The molecule has 1 saturated heterocycles. The summed E-state index contributed by atoms with van der Waals surface area (Å²) in [6.45, 7) is 0. The summed E-state index contributed by atoms with van der Waals surface area (Å²) in [5, 5.41) is 0.418. The van der Waals surface area contributed by atoms with Crippen LogP contribution in [0.4, 0.5) is 5.69 Å². The molecular formula is C25H17Cl2NO3. The largest absolute Gasteiger partial charge is 0.495 e. The van der Waals surface area contributed by atoms with Crippen molar-refractivity contribution >= 4 is 40.7 Å². The van der Waals surface area contributed by atoms with Gasteiger partial charge in [0.25, 0.3) is 0 Å². The maximum Gasteiger partial charge on any atom is 0.240 e. The highest BCUT2D eigenvalue weighted by atomic mass is 35.5. The zero-order chi connectivity index (χ0) is 21.5. The first-order valence-electron chi connectivity index (χ1n) is 10.1. The number of ether oxygens (including phenoxy) is 1. The van der Waals surface area contributed by atoms with Crippen LogP contribution in [-0.4, -0.2) is 18.9 Å². The van der Waals surface area contributed by atoms with Crippen LogP contribution in [0, 0.1) is 11.8 Å². The van der Waals surface area contributed by atoms with Crippen molar-refractivity contribution < 1.29 is 14.3 Å². The zero-order valence-corrected chi connectivity index (χ0v) is 18.0. The van der Waals surface area contributed by atoms with Gasteiger partial charge < -0.3 is 4.74 Å². The van der Waals surface area contributed by atoms with Crippen LogP contribution in [0.3, 0.4) is 0 Å². The van der Waals surface area contributed by atoms with Gasteiger partial charge in [-0.2, -0.15) is 0 Å². The van der Waals surface area contributed by atoms with Gasteiger partial charge in [-0.3, -0.25) is 9.59 Å².